The van der Waals surface area contributed by atoms with E-state index in [-0.39, 0.29) is 11.4 Å². The number of nitrogens with one attached hydrogen (secondary N) is 1. The van der Waals surface area contributed by atoms with Crippen LogP contribution in [0.5, 0.6) is 0 Å². The lowest BCUT2D eigenvalue weighted by Gasteiger charge is -2.40. The highest BCUT2D eigenvalue weighted by molar-refractivity contribution is 7.09. The molecule has 1 saturated heterocycles. The first-order chi connectivity index (χ1) is 9.97. The van der Waals surface area contributed by atoms with Crippen molar-refractivity contribution >= 4 is 23.3 Å². The molecule has 0 aromatic carbocycles. The summed E-state index contributed by atoms with van der Waals surface area (Å²) >= 11 is 1.58. The van der Waals surface area contributed by atoms with Gasteiger partial charge in [0.1, 0.15) is 0 Å². The van der Waals surface area contributed by atoms with Gasteiger partial charge < -0.3 is 10.1 Å². The number of thiazole rings is 1. The molecule has 1 N–H and O–H groups in total. The summed E-state index contributed by atoms with van der Waals surface area (Å²) in [5.41, 5.74) is 0.768. The SMILES string of the molecule is Cc1nc(/C=C/C(=O)NCC(C)(C)N2CCOCC2)cs1. The normalized spacial score (nSPS) is 17.3. The fourth-order valence-corrected chi connectivity index (χ4v) is 2.84. The predicted octanol–water partition coefficient (Wildman–Crippen LogP) is 1.69. The number of aromatic nitrogens is 1. The van der Waals surface area contributed by atoms with Gasteiger partial charge >= 0.3 is 0 Å². The number of rotatable bonds is 5. The Balaban J connectivity index is 1.81. The lowest BCUT2D eigenvalue weighted by atomic mass is 10.0. The minimum Gasteiger partial charge on any atom is -0.379 e. The summed E-state index contributed by atoms with van der Waals surface area (Å²) in [4.78, 5) is 18.5. The molecule has 0 atom stereocenters. The molecule has 5 nitrogen and oxygen atoms in total. The van der Waals surface area contributed by atoms with Crippen molar-refractivity contribution in [3.05, 3.63) is 22.2 Å². The number of hydrogen-bond acceptors (Lipinski definition) is 5. The fraction of sp³-hybridized carbons (Fsp3) is 0.600. The maximum atomic E-state index is 11.9. The average Bonchev–Trinajstić information content (AvgIpc) is 2.90. The number of carbonyl (C=O) groups excluding carboxylic acids is 1. The van der Waals surface area contributed by atoms with Crippen LogP contribution in [-0.4, -0.2) is 54.2 Å². The largest absolute Gasteiger partial charge is 0.379 e. The minimum absolute atomic E-state index is 0.0650. The van der Waals surface area contributed by atoms with Gasteiger partial charge in [-0.3, -0.25) is 9.69 Å². The van der Waals surface area contributed by atoms with Gasteiger partial charge in [-0.15, -0.1) is 11.3 Å². The lowest BCUT2D eigenvalue weighted by molar-refractivity contribution is -0.117. The van der Waals surface area contributed by atoms with Gasteiger partial charge in [-0.1, -0.05) is 0 Å². The van der Waals surface area contributed by atoms with E-state index in [4.69, 9.17) is 4.74 Å². The van der Waals surface area contributed by atoms with Crippen LogP contribution in [-0.2, 0) is 9.53 Å². The van der Waals surface area contributed by atoms with Crippen molar-refractivity contribution in [1.29, 1.82) is 0 Å². The van der Waals surface area contributed by atoms with E-state index in [1.807, 2.05) is 12.3 Å². The summed E-state index contributed by atoms with van der Waals surface area (Å²) in [6, 6.07) is 0. The molecule has 2 rings (SSSR count). The zero-order valence-corrected chi connectivity index (χ0v) is 13.7. The molecule has 1 aromatic rings. The van der Waals surface area contributed by atoms with E-state index in [0.29, 0.717) is 6.54 Å². The van der Waals surface area contributed by atoms with E-state index < -0.39 is 0 Å². The monoisotopic (exact) mass is 309 g/mol. The molecular weight excluding hydrogens is 286 g/mol. The van der Waals surface area contributed by atoms with Crippen molar-refractivity contribution < 1.29 is 9.53 Å². The van der Waals surface area contributed by atoms with E-state index in [9.17, 15) is 4.79 Å². The number of nitrogens with zero attached hydrogens (tertiary/aromatic N) is 2. The highest BCUT2D eigenvalue weighted by Crippen LogP contribution is 2.15. The van der Waals surface area contributed by atoms with Crippen molar-refractivity contribution in [2.24, 2.45) is 0 Å². The average molecular weight is 309 g/mol. The Morgan fingerprint density at radius 3 is 2.86 bits per heavy atom. The molecule has 0 aliphatic carbocycles. The van der Waals surface area contributed by atoms with Gasteiger partial charge in [-0.2, -0.15) is 0 Å². The van der Waals surface area contributed by atoms with E-state index in [2.05, 4.69) is 29.0 Å². The van der Waals surface area contributed by atoms with Gasteiger partial charge in [0.2, 0.25) is 5.91 Å². The Kier molecular flexibility index (Phi) is 5.50. The number of ether oxygens (including phenoxy) is 1. The quantitative estimate of drug-likeness (QED) is 0.841. The van der Waals surface area contributed by atoms with E-state index >= 15 is 0 Å². The third kappa shape index (κ3) is 4.91. The Hall–Kier alpha value is -1.24. The molecule has 1 aromatic heterocycles. The first-order valence-corrected chi connectivity index (χ1v) is 8.06. The maximum absolute atomic E-state index is 11.9. The Morgan fingerprint density at radius 2 is 2.24 bits per heavy atom. The molecule has 0 unspecified atom stereocenters. The van der Waals surface area contributed by atoms with Crippen molar-refractivity contribution in [1.82, 2.24) is 15.2 Å². The molecule has 1 fully saturated rings. The molecule has 0 saturated carbocycles. The van der Waals surface area contributed by atoms with E-state index in [1.54, 1.807) is 23.5 Å². The molecule has 0 spiro atoms. The summed E-state index contributed by atoms with van der Waals surface area (Å²) in [6.45, 7) is 10.2. The van der Waals surface area contributed by atoms with Crippen LogP contribution in [0.1, 0.15) is 24.5 Å². The first kappa shape index (κ1) is 16.1. The summed E-state index contributed by atoms with van der Waals surface area (Å²) in [7, 11) is 0. The van der Waals surface area contributed by atoms with Crippen LogP contribution in [0.3, 0.4) is 0 Å². The van der Waals surface area contributed by atoms with Crippen LogP contribution in [0.15, 0.2) is 11.5 Å². The van der Waals surface area contributed by atoms with Crippen LogP contribution < -0.4 is 5.32 Å². The topological polar surface area (TPSA) is 54.5 Å². The Bertz CT molecular complexity index is 505. The fourth-order valence-electron chi connectivity index (χ4n) is 2.26. The van der Waals surface area contributed by atoms with Crippen molar-refractivity contribution in [2.45, 2.75) is 26.3 Å². The highest BCUT2D eigenvalue weighted by atomic mass is 32.1. The summed E-state index contributed by atoms with van der Waals surface area (Å²) in [5.74, 6) is -0.0815. The van der Waals surface area contributed by atoms with Crippen LogP contribution in [0.2, 0.25) is 0 Å². The second-order valence-electron chi connectivity index (χ2n) is 5.75. The number of aryl methyl sites for hydroxylation is 1. The smallest absolute Gasteiger partial charge is 0.244 e. The zero-order chi connectivity index (χ0) is 15.3. The minimum atomic E-state index is -0.0815. The van der Waals surface area contributed by atoms with Crippen LogP contribution in [0.4, 0.5) is 0 Å². The van der Waals surface area contributed by atoms with Crippen molar-refractivity contribution in [3.8, 4) is 0 Å². The molecule has 1 aliphatic rings. The van der Waals surface area contributed by atoms with Gasteiger partial charge in [0.05, 0.1) is 23.9 Å². The molecule has 1 amide bonds. The molecule has 21 heavy (non-hydrogen) atoms. The van der Waals surface area contributed by atoms with Crippen molar-refractivity contribution in [3.63, 3.8) is 0 Å². The van der Waals surface area contributed by atoms with Gasteiger partial charge in [0.15, 0.2) is 0 Å². The predicted molar refractivity (Wildman–Crippen MR) is 85.4 cm³/mol. The van der Waals surface area contributed by atoms with Gasteiger partial charge in [-0.05, 0) is 26.8 Å². The van der Waals surface area contributed by atoms with E-state index in [0.717, 1.165) is 37.0 Å². The highest BCUT2D eigenvalue weighted by Gasteiger charge is 2.28. The maximum Gasteiger partial charge on any atom is 0.244 e. The summed E-state index contributed by atoms with van der Waals surface area (Å²) < 4.78 is 5.36. The van der Waals surface area contributed by atoms with E-state index in [1.165, 1.54) is 0 Å². The second kappa shape index (κ2) is 7.15. The Morgan fingerprint density at radius 1 is 1.52 bits per heavy atom. The van der Waals surface area contributed by atoms with Gasteiger partial charge in [0, 0.05) is 36.6 Å². The summed E-state index contributed by atoms with van der Waals surface area (Å²) in [6.07, 6.45) is 3.30. The zero-order valence-electron chi connectivity index (χ0n) is 12.9. The number of carbonyl (C=O) groups is 1. The first-order valence-electron chi connectivity index (χ1n) is 7.18. The molecule has 0 bridgehead atoms. The molecule has 2 heterocycles. The number of morpholine rings is 1. The van der Waals surface area contributed by atoms with Crippen molar-refractivity contribution in [2.75, 3.05) is 32.8 Å². The van der Waals surface area contributed by atoms with Gasteiger partial charge in [-0.25, -0.2) is 4.98 Å². The molecular formula is C15H23N3O2S. The third-order valence-electron chi connectivity index (χ3n) is 3.60. The molecule has 1 aliphatic heterocycles. The number of hydrogen-bond donors (Lipinski definition) is 1. The standard InChI is InChI=1S/C15H23N3O2S/c1-12-17-13(10-21-12)4-5-14(19)16-11-15(2,3)18-6-8-20-9-7-18/h4-5,10H,6-9,11H2,1-3H3,(H,16,19)/b5-4+. The van der Waals surface area contributed by atoms with Crippen LogP contribution >= 0.6 is 11.3 Å². The molecule has 116 valence electrons. The van der Waals surface area contributed by atoms with Crippen LogP contribution in [0.25, 0.3) is 6.08 Å². The molecule has 6 heteroatoms. The third-order valence-corrected chi connectivity index (χ3v) is 4.40. The second-order valence-corrected chi connectivity index (χ2v) is 6.82. The van der Waals surface area contributed by atoms with Gasteiger partial charge in [0.25, 0.3) is 0 Å². The summed E-state index contributed by atoms with van der Waals surface area (Å²) in [5, 5.41) is 5.91. The molecule has 0 radical (unpaired) electrons. The lowest BCUT2D eigenvalue weighted by Crippen LogP contribution is -2.55. The number of amides is 1. The van der Waals surface area contributed by atoms with Crippen LogP contribution in [0, 0.1) is 6.92 Å². The Labute approximate surface area is 130 Å².